The molecule has 1 saturated heterocycles. The molecule has 2 amide bonds. The Kier molecular flexibility index (Phi) is 4.96. The molecule has 2 N–H and O–H groups in total. The summed E-state index contributed by atoms with van der Waals surface area (Å²) in [4.78, 5) is 12.1. The molecule has 126 valence electrons. The summed E-state index contributed by atoms with van der Waals surface area (Å²) in [6, 6.07) is 12.9. The van der Waals surface area contributed by atoms with Crippen LogP contribution in [-0.2, 0) is 4.74 Å². The molecule has 2 aromatic rings. The molecule has 1 aliphatic rings. The maximum absolute atomic E-state index is 12.9. The van der Waals surface area contributed by atoms with E-state index < -0.39 is 0 Å². The molecule has 0 aliphatic carbocycles. The Bertz CT molecular complexity index is 688. The molecule has 5 nitrogen and oxygen atoms in total. The number of urea groups is 1. The lowest BCUT2D eigenvalue weighted by atomic mass is 9.94. The molecule has 0 spiro atoms. The maximum Gasteiger partial charge on any atom is 0.319 e. The fourth-order valence-electron chi connectivity index (χ4n) is 2.74. The molecule has 1 heterocycles. The maximum atomic E-state index is 12.9. The summed E-state index contributed by atoms with van der Waals surface area (Å²) in [5, 5.41) is 5.61. The number of carbonyl (C=O) groups excluding carboxylic acids is 1. The van der Waals surface area contributed by atoms with Crippen LogP contribution >= 0.6 is 0 Å². The van der Waals surface area contributed by atoms with Gasteiger partial charge in [-0.2, -0.15) is 0 Å². The zero-order chi connectivity index (χ0) is 16.9. The highest BCUT2D eigenvalue weighted by atomic mass is 19.1. The molecule has 3 rings (SSSR count). The Morgan fingerprint density at radius 2 is 1.83 bits per heavy atom. The number of anilines is 1. The topological polar surface area (TPSA) is 59.6 Å². The minimum absolute atomic E-state index is 0.0786. The van der Waals surface area contributed by atoms with E-state index in [2.05, 4.69) is 10.6 Å². The first-order chi connectivity index (χ1) is 11.7. The summed E-state index contributed by atoms with van der Waals surface area (Å²) in [6.45, 7) is 1.00. The molecule has 2 aromatic carbocycles. The van der Waals surface area contributed by atoms with Gasteiger partial charge in [-0.05, 0) is 42.0 Å². The third-order valence-corrected chi connectivity index (χ3v) is 4.04. The Balaban J connectivity index is 1.62. The number of hydrogen-bond donors (Lipinski definition) is 2. The Morgan fingerprint density at radius 1 is 1.12 bits per heavy atom. The van der Waals surface area contributed by atoms with Crippen molar-refractivity contribution in [1.82, 2.24) is 5.32 Å². The predicted octanol–water partition coefficient (Wildman–Crippen LogP) is 3.14. The fraction of sp³-hybridized carbons (Fsp3) is 0.278. The van der Waals surface area contributed by atoms with Gasteiger partial charge in [0.1, 0.15) is 11.6 Å². The van der Waals surface area contributed by atoms with E-state index in [1.807, 2.05) is 24.3 Å². The molecule has 0 radical (unpaired) electrons. The van der Waals surface area contributed by atoms with Crippen molar-refractivity contribution in [3.05, 3.63) is 59.9 Å². The summed E-state index contributed by atoms with van der Waals surface area (Å²) in [6.07, 6.45) is 0. The van der Waals surface area contributed by atoms with E-state index in [4.69, 9.17) is 9.47 Å². The first-order valence-corrected chi connectivity index (χ1v) is 7.70. The quantitative estimate of drug-likeness (QED) is 0.905. The summed E-state index contributed by atoms with van der Waals surface area (Å²) in [7, 11) is 1.62. The van der Waals surface area contributed by atoms with Crippen molar-refractivity contribution in [2.24, 2.45) is 0 Å². The first kappa shape index (κ1) is 16.3. The van der Waals surface area contributed by atoms with Crippen LogP contribution in [0.15, 0.2) is 48.5 Å². The molecule has 1 aliphatic heterocycles. The number of halogens is 1. The van der Waals surface area contributed by atoms with Crippen molar-refractivity contribution in [2.75, 3.05) is 25.6 Å². The Hall–Kier alpha value is -2.60. The number of ether oxygens (including phenoxy) is 2. The molecule has 1 unspecified atom stereocenters. The zero-order valence-electron chi connectivity index (χ0n) is 13.3. The molecule has 1 fully saturated rings. The highest BCUT2D eigenvalue weighted by molar-refractivity contribution is 5.89. The van der Waals surface area contributed by atoms with Gasteiger partial charge in [0.15, 0.2) is 0 Å². The van der Waals surface area contributed by atoms with Crippen LogP contribution in [0.3, 0.4) is 0 Å². The molecule has 6 heteroatoms. The van der Waals surface area contributed by atoms with E-state index in [1.54, 1.807) is 7.11 Å². The molecule has 24 heavy (non-hydrogen) atoms. The van der Waals surface area contributed by atoms with Gasteiger partial charge in [0.25, 0.3) is 0 Å². The van der Waals surface area contributed by atoms with Crippen LogP contribution in [0, 0.1) is 5.82 Å². The SMILES string of the molecule is COc1ccc(C2COC[C@@H]2NC(=O)Nc2ccc(F)cc2)cc1. The number of methoxy groups -OCH3 is 1. The van der Waals surface area contributed by atoms with Crippen LogP contribution in [0.1, 0.15) is 11.5 Å². The lowest BCUT2D eigenvalue weighted by Gasteiger charge is -2.20. The minimum Gasteiger partial charge on any atom is -0.497 e. The normalized spacial score (nSPS) is 19.8. The smallest absolute Gasteiger partial charge is 0.319 e. The number of benzene rings is 2. The van der Waals surface area contributed by atoms with Gasteiger partial charge in [0.2, 0.25) is 0 Å². The van der Waals surface area contributed by atoms with Crippen LogP contribution in [-0.4, -0.2) is 32.4 Å². The van der Waals surface area contributed by atoms with Crippen LogP contribution in [0.25, 0.3) is 0 Å². The Morgan fingerprint density at radius 3 is 2.50 bits per heavy atom. The monoisotopic (exact) mass is 330 g/mol. The van der Waals surface area contributed by atoms with E-state index in [0.717, 1.165) is 11.3 Å². The van der Waals surface area contributed by atoms with Crippen molar-refractivity contribution < 1.29 is 18.7 Å². The van der Waals surface area contributed by atoms with Crippen LogP contribution in [0.4, 0.5) is 14.9 Å². The van der Waals surface area contributed by atoms with E-state index in [0.29, 0.717) is 18.9 Å². The van der Waals surface area contributed by atoms with Gasteiger partial charge in [-0.3, -0.25) is 0 Å². The second-order valence-electron chi connectivity index (χ2n) is 5.63. The standard InChI is InChI=1S/C18H19FN2O3/c1-23-15-8-2-12(3-9-15)16-10-24-11-17(16)21-18(22)20-14-6-4-13(19)5-7-14/h2-9,16-17H,10-11H2,1H3,(H2,20,21,22)/t16?,17-/m0/s1. The molecule has 0 bridgehead atoms. The van der Waals surface area contributed by atoms with Crippen molar-refractivity contribution in [2.45, 2.75) is 12.0 Å². The summed E-state index contributed by atoms with van der Waals surface area (Å²) in [5.74, 6) is 0.524. The fourth-order valence-corrected chi connectivity index (χ4v) is 2.74. The average Bonchev–Trinajstić information content (AvgIpc) is 3.05. The van der Waals surface area contributed by atoms with Crippen molar-refractivity contribution >= 4 is 11.7 Å². The van der Waals surface area contributed by atoms with Gasteiger partial charge in [-0.15, -0.1) is 0 Å². The number of carbonyl (C=O) groups is 1. The zero-order valence-corrected chi connectivity index (χ0v) is 13.3. The average molecular weight is 330 g/mol. The van der Waals surface area contributed by atoms with Crippen molar-refractivity contribution in [1.29, 1.82) is 0 Å². The van der Waals surface area contributed by atoms with E-state index >= 15 is 0 Å². The second kappa shape index (κ2) is 7.31. The van der Waals surface area contributed by atoms with E-state index in [-0.39, 0.29) is 23.8 Å². The third kappa shape index (κ3) is 3.83. The summed E-state index contributed by atoms with van der Waals surface area (Å²) < 4.78 is 23.6. The van der Waals surface area contributed by atoms with Crippen LogP contribution in [0.2, 0.25) is 0 Å². The minimum atomic E-state index is -0.343. The van der Waals surface area contributed by atoms with Gasteiger partial charge >= 0.3 is 6.03 Å². The van der Waals surface area contributed by atoms with E-state index in [9.17, 15) is 9.18 Å². The molecule has 0 aromatic heterocycles. The lowest BCUT2D eigenvalue weighted by Crippen LogP contribution is -2.41. The number of nitrogens with one attached hydrogen (secondary N) is 2. The highest BCUT2D eigenvalue weighted by Crippen LogP contribution is 2.27. The van der Waals surface area contributed by atoms with Crippen molar-refractivity contribution in [3.8, 4) is 5.75 Å². The molecule has 0 saturated carbocycles. The van der Waals surface area contributed by atoms with Gasteiger partial charge in [0, 0.05) is 11.6 Å². The molecular formula is C18H19FN2O3. The first-order valence-electron chi connectivity index (χ1n) is 7.70. The Labute approximate surface area is 139 Å². The van der Waals surface area contributed by atoms with Gasteiger partial charge < -0.3 is 20.1 Å². The number of rotatable bonds is 4. The summed E-state index contributed by atoms with van der Waals surface area (Å²) in [5.41, 5.74) is 1.62. The predicted molar refractivity (Wildman–Crippen MR) is 88.9 cm³/mol. The third-order valence-electron chi connectivity index (χ3n) is 4.04. The molecular weight excluding hydrogens is 311 g/mol. The number of hydrogen-bond acceptors (Lipinski definition) is 3. The highest BCUT2D eigenvalue weighted by Gasteiger charge is 2.30. The van der Waals surface area contributed by atoms with Crippen LogP contribution in [0.5, 0.6) is 5.75 Å². The van der Waals surface area contributed by atoms with Gasteiger partial charge in [0.05, 0.1) is 26.4 Å². The van der Waals surface area contributed by atoms with E-state index in [1.165, 1.54) is 24.3 Å². The second-order valence-corrected chi connectivity index (χ2v) is 5.63. The van der Waals surface area contributed by atoms with Crippen molar-refractivity contribution in [3.63, 3.8) is 0 Å². The van der Waals surface area contributed by atoms with Gasteiger partial charge in [-0.25, -0.2) is 9.18 Å². The summed E-state index contributed by atoms with van der Waals surface area (Å²) >= 11 is 0. The molecule has 2 atom stereocenters. The lowest BCUT2D eigenvalue weighted by molar-refractivity contribution is 0.187. The van der Waals surface area contributed by atoms with Crippen LogP contribution < -0.4 is 15.4 Å². The van der Waals surface area contributed by atoms with Gasteiger partial charge in [-0.1, -0.05) is 12.1 Å². The largest absolute Gasteiger partial charge is 0.497 e. The number of amides is 2.